The molecule has 0 unspecified atom stereocenters. The summed E-state index contributed by atoms with van der Waals surface area (Å²) in [5.74, 6) is -0.151. The molecule has 20 heavy (non-hydrogen) atoms. The number of carbonyl (C=O) groups excluding carboxylic acids is 1. The molecule has 1 aromatic rings. The average molecular weight is 295 g/mol. The summed E-state index contributed by atoms with van der Waals surface area (Å²) in [5, 5.41) is 11.6. The van der Waals surface area contributed by atoms with Crippen molar-refractivity contribution in [3.05, 3.63) is 17.2 Å². The molecule has 1 aromatic heterocycles. The lowest BCUT2D eigenvalue weighted by atomic mass is 9.87. The smallest absolute Gasteiger partial charge is 0.343 e. The van der Waals surface area contributed by atoms with Gasteiger partial charge >= 0.3 is 5.97 Å². The van der Waals surface area contributed by atoms with Crippen LogP contribution in [0.5, 0.6) is 5.88 Å². The maximum absolute atomic E-state index is 11.9. The molecule has 0 radical (unpaired) electrons. The lowest BCUT2D eigenvalue weighted by Gasteiger charge is -2.33. The van der Waals surface area contributed by atoms with Crippen LogP contribution < -0.4 is 10.1 Å². The Morgan fingerprint density at radius 1 is 1.50 bits per heavy atom. The van der Waals surface area contributed by atoms with E-state index in [-0.39, 0.29) is 13.0 Å². The fraction of sp³-hybridized carbons (Fsp3) is 0.571. The minimum absolute atomic E-state index is 0.0959. The van der Waals surface area contributed by atoms with E-state index in [1.165, 1.54) is 7.11 Å². The van der Waals surface area contributed by atoms with Crippen molar-refractivity contribution in [1.82, 2.24) is 4.98 Å². The molecule has 0 saturated heterocycles. The number of fused-ring (bicyclic) bond motifs is 1. The number of cyclic esters (lactones) is 1. The Morgan fingerprint density at radius 3 is 2.65 bits per heavy atom. The van der Waals surface area contributed by atoms with Crippen molar-refractivity contribution >= 4 is 19.4 Å². The van der Waals surface area contributed by atoms with Gasteiger partial charge in [-0.2, -0.15) is 0 Å². The molecule has 0 aromatic carbocycles. The van der Waals surface area contributed by atoms with E-state index in [1.807, 2.05) is 6.07 Å². The number of rotatable bonds is 3. The molecule has 110 valence electrons. The largest absolute Gasteiger partial charge is 0.481 e. The topological polar surface area (TPSA) is 68.7 Å². The predicted molar refractivity (Wildman–Crippen MR) is 77.8 cm³/mol. The van der Waals surface area contributed by atoms with E-state index >= 15 is 0 Å². The van der Waals surface area contributed by atoms with E-state index < -0.39 is 19.6 Å². The van der Waals surface area contributed by atoms with E-state index in [2.05, 4.69) is 24.6 Å². The van der Waals surface area contributed by atoms with Crippen LogP contribution in [-0.2, 0) is 21.7 Å². The molecule has 2 rings (SSSR count). The summed E-state index contributed by atoms with van der Waals surface area (Å²) in [6.45, 7) is 8.34. The van der Waals surface area contributed by atoms with Crippen LogP contribution in [0.3, 0.4) is 0 Å². The van der Waals surface area contributed by atoms with Crippen molar-refractivity contribution in [2.75, 3.05) is 7.11 Å². The fourth-order valence-corrected chi connectivity index (χ4v) is 3.33. The number of hydrogen-bond acceptors (Lipinski definition) is 5. The van der Waals surface area contributed by atoms with Gasteiger partial charge in [0, 0.05) is 10.9 Å². The molecule has 6 heteroatoms. The van der Waals surface area contributed by atoms with Crippen molar-refractivity contribution in [3.63, 3.8) is 0 Å². The number of methoxy groups -OCH3 is 1. The van der Waals surface area contributed by atoms with Gasteiger partial charge in [-0.25, -0.2) is 9.78 Å². The third kappa shape index (κ3) is 2.23. The van der Waals surface area contributed by atoms with Gasteiger partial charge in [-0.05, 0) is 12.5 Å². The zero-order valence-electron chi connectivity index (χ0n) is 12.6. The predicted octanol–water partition coefficient (Wildman–Crippen LogP) is 1.29. The first kappa shape index (κ1) is 15.0. The van der Waals surface area contributed by atoms with Crippen molar-refractivity contribution in [1.29, 1.82) is 0 Å². The van der Waals surface area contributed by atoms with Crippen molar-refractivity contribution in [2.24, 2.45) is 0 Å². The second-order valence-electron chi connectivity index (χ2n) is 6.08. The zero-order valence-corrected chi connectivity index (χ0v) is 13.6. The van der Waals surface area contributed by atoms with Gasteiger partial charge in [-0.3, -0.25) is 0 Å². The van der Waals surface area contributed by atoms with E-state index in [1.54, 1.807) is 6.92 Å². The molecule has 0 bridgehead atoms. The number of ether oxygens (including phenoxy) is 2. The normalized spacial score (nSPS) is 22.2. The third-order valence-electron chi connectivity index (χ3n) is 3.69. The highest BCUT2D eigenvalue weighted by Gasteiger charge is 2.45. The number of aliphatic hydroxyl groups is 1. The monoisotopic (exact) mass is 295 g/mol. The van der Waals surface area contributed by atoms with E-state index in [0.717, 1.165) is 5.32 Å². The van der Waals surface area contributed by atoms with Crippen LogP contribution in [0.1, 0.15) is 24.5 Å². The number of nitrogens with zero attached hydrogens (tertiary/aromatic N) is 1. The van der Waals surface area contributed by atoms with Gasteiger partial charge in [0.2, 0.25) is 5.88 Å². The number of aromatic nitrogens is 1. The zero-order chi connectivity index (χ0) is 15.1. The summed E-state index contributed by atoms with van der Waals surface area (Å²) in [6, 6.07) is 1.86. The number of carbonyl (C=O) groups is 1. The average Bonchev–Trinajstić information content (AvgIpc) is 2.40. The molecule has 0 fully saturated rings. The lowest BCUT2D eigenvalue weighted by Crippen LogP contribution is -2.46. The van der Waals surface area contributed by atoms with Crippen LogP contribution in [0.2, 0.25) is 19.6 Å². The van der Waals surface area contributed by atoms with Gasteiger partial charge < -0.3 is 14.6 Å². The SMILES string of the molecule is CC[C@]1(O)C(=O)OCc2c1cc([Si](C)(C)C)nc2OC. The number of pyridine rings is 1. The molecule has 1 aliphatic rings. The Bertz CT molecular complexity index is 553. The van der Waals surface area contributed by atoms with Crippen LogP contribution in [-0.4, -0.2) is 31.2 Å². The first-order valence-corrected chi connectivity index (χ1v) is 10.2. The van der Waals surface area contributed by atoms with E-state index in [9.17, 15) is 9.90 Å². The summed E-state index contributed by atoms with van der Waals surface area (Å²) in [6.07, 6.45) is 0.261. The summed E-state index contributed by atoms with van der Waals surface area (Å²) in [7, 11) is -0.152. The summed E-state index contributed by atoms with van der Waals surface area (Å²) < 4.78 is 10.4. The van der Waals surface area contributed by atoms with E-state index in [0.29, 0.717) is 17.0 Å². The highest BCUT2D eigenvalue weighted by Crippen LogP contribution is 2.37. The van der Waals surface area contributed by atoms with Gasteiger partial charge in [-0.15, -0.1) is 0 Å². The van der Waals surface area contributed by atoms with Crippen molar-refractivity contribution < 1.29 is 19.4 Å². The van der Waals surface area contributed by atoms with Gasteiger partial charge in [0.1, 0.15) is 14.7 Å². The highest BCUT2D eigenvalue weighted by molar-refractivity contribution is 6.88. The Labute approximate surface area is 119 Å². The lowest BCUT2D eigenvalue weighted by molar-refractivity contribution is -0.172. The van der Waals surface area contributed by atoms with Gasteiger partial charge in [0.25, 0.3) is 0 Å². The van der Waals surface area contributed by atoms with Gasteiger partial charge in [0.05, 0.1) is 12.7 Å². The Kier molecular flexibility index (Phi) is 3.64. The van der Waals surface area contributed by atoms with Crippen molar-refractivity contribution in [3.8, 4) is 5.88 Å². The minimum Gasteiger partial charge on any atom is -0.481 e. The highest BCUT2D eigenvalue weighted by atomic mass is 28.3. The maximum atomic E-state index is 11.9. The fourth-order valence-electron chi connectivity index (χ4n) is 2.31. The molecule has 0 spiro atoms. The summed E-state index contributed by atoms with van der Waals surface area (Å²) in [4.78, 5) is 16.5. The third-order valence-corrected chi connectivity index (χ3v) is 5.48. The molecule has 5 nitrogen and oxygen atoms in total. The quantitative estimate of drug-likeness (QED) is 0.672. The van der Waals surface area contributed by atoms with Crippen LogP contribution in [0.25, 0.3) is 0 Å². The Balaban J connectivity index is 2.73. The second kappa shape index (κ2) is 4.86. The maximum Gasteiger partial charge on any atom is 0.343 e. The second-order valence-corrected chi connectivity index (χ2v) is 11.1. The number of esters is 1. The van der Waals surface area contributed by atoms with Crippen LogP contribution in [0, 0.1) is 0 Å². The van der Waals surface area contributed by atoms with Crippen LogP contribution >= 0.6 is 0 Å². The van der Waals surface area contributed by atoms with Gasteiger partial charge in [-0.1, -0.05) is 26.6 Å². The molecule has 0 amide bonds. The Hall–Kier alpha value is -1.40. The molecular weight excluding hydrogens is 274 g/mol. The molecule has 0 aliphatic carbocycles. The van der Waals surface area contributed by atoms with Gasteiger partial charge in [0.15, 0.2) is 5.60 Å². The van der Waals surface area contributed by atoms with Crippen LogP contribution in [0.4, 0.5) is 0 Å². The molecule has 2 heterocycles. The molecular formula is C14H21NO4Si. The standard InChI is InChI=1S/C14H21NO4Si/c1-6-14(17)10-7-11(20(3,4)5)15-12(18-2)9(10)8-19-13(14)16/h7,17H,6,8H2,1-5H3/t14-/m1/s1. The van der Waals surface area contributed by atoms with E-state index in [4.69, 9.17) is 9.47 Å². The van der Waals surface area contributed by atoms with Crippen LogP contribution in [0.15, 0.2) is 6.07 Å². The first-order valence-electron chi connectivity index (χ1n) is 6.72. The molecule has 0 saturated carbocycles. The minimum atomic E-state index is -1.69. The number of hydrogen-bond donors (Lipinski definition) is 1. The summed E-state index contributed by atoms with van der Waals surface area (Å²) in [5.41, 5.74) is -0.350. The molecule has 1 aliphatic heterocycles. The first-order chi connectivity index (χ1) is 9.24. The molecule has 1 atom stereocenters. The summed E-state index contributed by atoms with van der Waals surface area (Å²) >= 11 is 0. The van der Waals surface area contributed by atoms with Crippen molar-refractivity contribution in [2.45, 2.75) is 45.2 Å². The Morgan fingerprint density at radius 2 is 2.15 bits per heavy atom. The molecule has 1 N–H and O–H groups in total.